The van der Waals surface area contributed by atoms with Gasteiger partial charge in [-0.05, 0) is 24.6 Å². The van der Waals surface area contributed by atoms with Gasteiger partial charge in [0.05, 0.1) is 10.9 Å². The first-order valence-electron chi connectivity index (χ1n) is 8.92. The molecule has 0 bridgehead atoms. The minimum Gasteiger partial charge on any atom is -0.385 e. The van der Waals surface area contributed by atoms with E-state index in [1.54, 1.807) is 29.8 Å². The van der Waals surface area contributed by atoms with Gasteiger partial charge < -0.3 is 10.1 Å². The Morgan fingerprint density at radius 1 is 1.21 bits per heavy atom. The predicted molar refractivity (Wildman–Crippen MR) is 105 cm³/mol. The number of hydrogen-bond acceptors (Lipinski definition) is 5. The smallest absolute Gasteiger partial charge is 0.281 e. The number of carbonyl (C=O) groups is 1. The Kier molecular flexibility index (Phi) is 4.86. The number of fused-ring (bicyclic) bond motifs is 3. The van der Waals surface area contributed by atoms with Crippen LogP contribution in [0.3, 0.4) is 0 Å². The highest BCUT2D eigenvalue weighted by atomic mass is 16.5. The van der Waals surface area contributed by atoms with E-state index in [4.69, 9.17) is 4.74 Å². The third-order valence-electron chi connectivity index (χ3n) is 4.48. The van der Waals surface area contributed by atoms with E-state index in [-0.39, 0.29) is 11.5 Å². The van der Waals surface area contributed by atoms with Gasteiger partial charge in [-0.25, -0.2) is 9.73 Å². The molecular formula is C20H19N5O3. The first-order valence-corrected chi connectivity index (χ1v) is 8.92. The molecule has 0 unspecified atom stereocenters. The zero-order valence-corrected chi connectivity index (χ0v) is 15.3. The summed E-state index contributed by atoms with van der Waals surface area (Å²) in [7, 11) is 1.62. The SMILES string of the molecule is COCCCNC(=O)c1ccc2c(=O)nc3c(-c4ccccc4)n[nH]n3c2c1. The van der Waals surface area contributed by atoms with Crippen LogP contribution in [0.4, 0.5) is 0 Å². The molecular weight excluding hydrogens is 358 g/mol. The topological polar surface area (TPSA) is 101 Å². The van der Waals surface area contributed by atoms with Gasteiger partial charge in [0, 0.05) is 31.4 Å². The molecule has 2 heterocycles. The van der Waals surface area contributed by atoms with Crippen LogP contribution in [0.5, 0.6) is 0 Å². The zero-order chi connectivity index (χ0) is 19.5. The number of hydrogen-bond donors (Lipinski definition) is 2. The molecule has 4 rings (SSSR count). The van der Waals surface area contributed by atoms with E-state index in [9.17, 15) is 9.59 Å². The van der Waals surface area contributed by atoms with Gasteiger partial charge in [0.1, 0.15) is 5.69 Å². The van der Waals surface area contributed by atoms with Crippen molar-refractivity contribution in [2.75, 3.05) is 20.3 Å². The van der Waals surface area contributed by atoms with Crippen LogP contribution in [0.15, 0.2) is 53.3 Å². The molecule has 0 aliphatic rings. The molecule has 2 aromatic carbocycles. The number of benzene rings is 2. The van der Waals surface area contributed by atoms with Crippen molar-refractivity contribution >= 4 is 22.5 Å². The molecule has 8 heteroatoms. The monoisotopic (exact) mass is 377 g/mol. The van der Waals surface area contributed by atoms with Crippen molar-refractivity contribution < 1.29 is 9.53 Å². The molecule has 0 spiro atoms. The van der Waals surface area contributed by atoms with Crippen LogP contribution in [-0.2, 0) is 4.74 Å². The highest BCUT2D eigenvalue weighted by Gasteiger charge is 2.15. The minimum atomic E-state index is -0.361. The maximum atomic E-state index is 12.5. The van der Waals surface area contributed by atoms with E-state index in [2.05, 4.69) is 20.6 Å². The average Bonchev–Trinajstić information content (AvgIpc) is 3.15. The molecule has 28 heavy (non-hydrogen) atoms. The van der Waals surface area contributed by atoms with Gasteiger partial charge in [-0.2, -0.15) is 10.1 Å². The van der Waals surface area contributed by atoms with Gasteiger partial charge >= 0.3 is 0 Å². The van der Waals surface area contributed by atoms with Crippen LogP contribution in [0.25, 0.3) is 27.8 Å². The molecule has 142 valence electrons. The first kappa shape index (κ1) is 17.9. The van der Waals surface area contributed by atoms with Gasteiger partial charge in [0.25, 0.3) is 11.5 Å². The maximum Gasteiger partial charge on any atom is 0.281 e. The number of methoxy groups -OCH3 is 1. The fraction of sp³-hybridized carbons (Fsp3) is 0.200. The number of amides is 1. The standard InChI is InChI=1S/C20H19N5O3/c1-28-11-5-10-21-19(26)14-8-9-15-16(12-14)25-18(22-20(15)27)17(23-24-25)13-6-3-2-4-7-13/h2-4,6-9,12,24H,5,10-11H2,1H3,(H,21,26). The summed E-state index contributed by atoms with van der Waals surface area (Å²) >= 11 is 0. The van der Waals surface area contributed by atoms with Crippen molar-refractivity contribution in [1.82, 2.24) is 25.1 Å². The Balaban J connectivity index is 1.77. The molecule has 0 saturated heterocycles. The molecule has 0 saturated carbocycles. The van der Waals surface area contributed by atoms with Crippen LogP contribution in [0.1, 0.15) is 16.8 Å². The van der Waals surface area contributed by atoms with Crippen molar-refractivity contribution in [3.05, 3.63) is 64.4 Å². The lowest BCUT2D eigenvalue weighted by molar-refractivity contribution is 0.0948. The summed E-state index contributed by atoms with van der Waals surface area (Å²) in [4.78, 5) is 29.1. The molecule has 8 nitrogen and oxygen atoms in total. The Morgan fingerprint density at radius 3 is 2.82 bits per heavy atom. The summed E-state index contributed by atoms with van der Waals surface area (Å²) < 4.78 is 6.61. The number of nitrogens with one attached hydrogen (secondary N) is 2. The van der Waals surface area contributed by atoms with Gasteiger partial charge in [-0.15, -0.1) is 0 Å². The highest BCUT2D eigenvalue weighted by Crippen LogP contribution is 2.22. The number of ether oxygens (including phenoxy) is 1. The van der Waals surface area contributed by atoms with Crippen molar-refractivity contribution in [2.24, 2.45) is 0 Å². The number of H-pyrrole nitrogens is 1. The van der Waals surface area contributed by atoms with Crippen LogP contribution in [0.2, 0.25) is 0 Å². The minimum absolute atomic E-state index is 0.209. The molecule has 2 aromatic heterocycles. The highest BCUT2D eigenvalue weighted by molar-refractivity contribution is 5.98. The van der Waals surface area contributed by atoms with E-state index in [1.807, 2.05) is 30.3 Å². The van der Waals surface area contributed by atoms with E-state index in [0.29, 0.717) is 41.0 Å². The third kappa shape index (κ3) is 3.25. The Hall–Kier alpha value is -3.52. The van der Waals surface area contributed by atoms with E-state index >= 15 is 0 Å². The van der Waals surface area contributed by atoms with Gasteiger partial charge in [0.15, 0.2) is 5.65 Å². The predicted octanol–water partition coefficient (Wildman–Crippen LogP) is 2.00. The molecule has 0 fully saturated rings. The van der Waals surface area contributed by atoms with E-state index in [0.717, 1.165) is 12.0 Å². The Morgan fingerprint density at radius 2 is 2.04 bits per heavy atom. The number of aromatic amines is 1. The quantitative estimate of drug-likeness (QED) is 0.501. The molecule has 0 aliphatic carbocycles. The van der Waals surface area contributed by atoms with Crippen molar-refractivity contribution in [2.45, 2.75) is 6.42 Å². The maximum absolute atomic E-state index is 12.5. The van der Waals surface area contributed by atoms with Crippen LogP contribution in [-0.4, -0.2) is 46.0 Å². The van der Waals surface area contributed by atoms with E-state index in [1.165, 1.54) is 0 Å². The van der Waals surface area contributed by atoms with Crippen molar-refractivity contribution in [3.8, 4) is 11.3 Å². The third-order valence-corrected chi connectivity index (χ3v) is 4.48. The molecule has 0 radical (unpaired) electrons. The second-order valence-corrected chi connectivity index (χ2v) is 6.34. The summed E-state index contributed by atoms with van der Waals surface area (Å²) in [6.45, 7) is 1.09. The number of aromatic nitrogens is 4. The van der Waals surface area contributed by atoms with Crippen LogP contribution in [0, 0.1) is 0 Å². The number of carbonyl (C=O) groups excluding carboxylic acids is 1. The largest absolute Gasteiger partial charge is 0.385 e. The molecule has 4 aromatic rings. The fourth-order valence-electron chi connectivity index (χ4n) is 3.08. The van der Waals surface area contributed by atoms with E-state index < -0.39 is 0 Å². The molecule has 2 N–H and O–H groups in total. The van der Waals surface area contributed by atoms with Crippen molar-refractivity contribution in [3.63, 3.8) is 0 Å². The van der Waals surface area contributed by atoms with Crippen LogP contribution >= 0.6 is 0 Å². The van der Waals surface area contributed by atoms with Gasteiger partial charge in [-0.1, -0.05) is 30.3 Å². The molecule has 1 amide bonds. The second kappa shape index (κ2) is 7.61. The summed E-state index contributed by atoms with van der Waals surface area (Å²) in [5.41, 5.74) is 2.49. The van der Waals surface area contributed by atoms with Crippen molar-refractivity contribution in [1.29, 1.82) is 0 Å². The Labute approximate surface area is 160 Å². The second-order valence-electron chi connectivity index (χ2n) is 6.34. The number of nitrogens with zero attached hydrogens (tertiary/aromatic N) is 3. The van der Waals surface area contributed by atoms with Crippen LogP contribution < -0.4 is 10.9 Å². The zero-order valence-electron chi connectivity index (χ0n) is 15.3. The van der Waals surface area contributed by atoms with Gasteiger partial charge in [0.2, 0.25) is 0 Å². The lowest BCUT2D eigenvalue weighted by Crippen LogP contribution is -2.25. The lowest BCUT2D eigenvalue weighted by Gasteiger charge is -2.07. The average molecular weight is 377 g/mol. The molecule has 0 atom stereocenters. The molecule has 0 aliphatic heterocycles. The number of rotatable bonds is 6. The Bertz CT molecular complexity index is 1200. The first-order chi connectivity index (χ1) is 13.7. The summed E-state index contributed by atoms with van der Waals surface area (Å²) in [5.74, 6) is -0.209. The normalized spacial score (nSPS) is 11.2. The summed E-state index contributed by atoms with van der Waals surface area (Å²) in [6, 6.07) is 14.4. The van der Waals surface area contributed by atoms with Gasteiger partial charge in [-0.3, -0.25) is 9.59 Å². The fourth-order valence-corrected chi connectivity index (χ4v) is 3.08. The lowest BCUT2D eigenvalue weighted by atomic mass is 10.1. The summed E-state index contributed by atoms with van der Waals surface area (Å²) in [5, 5.41) is 10.5. The summed E-state index contributed by atoms with van der Waals surface area (Å²) in [6.07, 6.45) is 0.727.